The molecule has 3 N–H and O–H groups in total. The van der Waals surface area contributed by atoms with Crippen LogP contribution in [0.25, 0.3) is 0 Å². The summed E-state index contributed by atoms with van der Waals surface area (Å²) < 4.78 is 0. The Balaban J connectivity index is 1.14. The Kier molecular flexibility index (Phi) is 8.45. The number of carbonyl (C=O) groups is 1. The first-order valence-electron chi connectivity index (χ1n) is 10.7. The van der Waals surface area contributed by atoms with Gasteiger partial charge in [0.25, 0.3) is 0 Å². The van der Waals surface area contributed by atoms with Crippen molar-refractivity contribution in [2.24, 2.45) is 0 Å². The summed E-state index contributed by atoms with van der Waals surface area (Å²) >= 11 is 4.83. The molecule has 0 fully saturated rings. The zero-order chi connectivity index (χ0) is 23.8. The van der Waals surface area contributed by atoms with Crippen LogP contribution < -0.4 is 16.0 Å². The van der Waals surface area contributed by atoms with Gasteiger partial charge in [0.15, 0.2) is 0 Å². The van der Waals surface area contributed by atoms with Gasteiger partial charge in [0.2, 0.25) is 10.3 Å². The fourth-order valence-corrected chi connectivity index (χ4v) is 5.69. The molecule has 0 aliphatic rings. The largest absolute Gasteiger partial charge is 0.330 e. The standard InChI is InChI=1S/C23H25N7OS3/c1-15-5-3-7-17(13-15)24-21(31)26-23-30-28-20(34-23)10-12-32-11-9-19-27-29-22(33-19)25-18-8-4-6-16(2)14-18/h3-8,13-14H,9-12H2,1-2H3,(H,25,29)(H2,24,26,30,31). The zero-order valence-electron chi connectivity index (χ0n) is 18.9. The van der Waals surface area contributed by atoms with Gasteiger partial charge in [0, 0.05) is 24.2 Å². The van der Waals surface area contributed by atoms with Gasteiger partial charge in [0.05, 0.1) is 0 Å². The van der Waals surface area contributed by atoms with Crippen LogP contribution in [0.2, 0.25) is 0 Å². The van der Waals surface area contributed by atoms with E-state index in [1.165, 1.54) is 16.9 Å². The number of urea groups is 1. The Morgan fingerprint density at radius 2 is 1.38 bits per heavy atom. The Morgan fingerprint density at radius 3 is 2.06 bits per heavy atom. The zero-order valence-corrected chi connectivity index (χ0v) is 21.3. The third-order valence-electron chi connectivity index (χ3n) is 4.62. The van der Waals surface area contributed by atoms with Crippen LogP contribution in [0.3, 0.4) is 0 Å². The molecule has 2 aromatic heterocycles. The molecule has 0 aliphatic heterocycles. The average Bonchev–Trinajstić information content (AvgIpc) is 3.43. The van der Waals surface area contributed by atoms with E-state index in [2.05, 4.69) is 55.4 Å². The van der Waals surface area contributed by atoms with Gasteiger partial charge in [-0.3, -0.25) is 5.32 Å². The number of aromatic nitrogens is 4. The number of hydrogen-bond donors (Lipinski definition) is 3. The number of amides is 2. The summed E-state index contributed by atoms with van der Waals surface area (Å²) in [5, 5.41) is 28.8. The summed E-state index contributed by atoms with van der Waals surface area (Å²) in [5.74, 6) is 1.89. The van der Waals surface area contributed by atoms with Gasteiger partial charge in [-0.15, -0.1) is 20.4 Å². The van der Waals surface area contributed by atoms with E-state index in [1.807, 2.05) is 55.1 Å². The van der Waals surface area contributed by atoms with Gasteiger partial charge < -0.3 is 10.6 Å². The number of hydrogen-bond acceptors (Lipinski definition) is 9. The Labute approximate surface area is 210 Å². The van der Waals surface area contributed by atoms with Crippen molar-refractivity contribution < 1.29 is 4.79 Å². The lowest BCUT2D eigenvalue weighted by Gasteiger charge is -2.05. The molecule has 0 bridgehead atoms. The number of carbonyl (C=O) groups excluding carboxylic acids is 1. The maximum Gasteiger partial charge on any atom is 0.325 e. The van der Waals surface area contributed by atoms with E-state index in [4.69, 9.17) is 0 Å². The summed E-state index contributed by atoms with van der Waals surface area (Å²) in [6.45, 7) is 4.05. The highest BCUT2D eigenvalue weighted by molar-refractivity contribution is 7.99. The van der Waals surface area contributed by atoms with Gasteiger partial charge in [-0.05, 0) is 60.7 Å². The first kappa shape index (κ1) is 24.1. The predicted molar refractivity (Wildman–Crippen MR) is 143 cm³/mol. The lowest BCUT2D eigenvalue weighted by Crippen LogP contribution is -2.19. The van der Waals surface area contributed by atoms with E-state index >= 15 is 0 Å². The van der Waals surface area contributed by atoms with Crippen molar-refractivity contribution in [1.82, 2.24) is 20.4 Å². The van der Waals surface area contributed by atoms with E-state index in [0.29, 0.717) is 5.13 Å². The summed E-state index contributed by atoms with van der Waals surface area (Å²) in [4.78, 5) is 12.2. The molecule has 0 atom stereocenters. The molecule has 4 rings (SSSR count). The quantitative estimate of drug-likeness (QED) is 0.227. The topological polar surface area (TPSA) is 105 Å². The van der Waals surface area contributed by atoms with Crippen molar-refractivity contribution in [3.63, 3.8) is 0 Å². The highest BCUT2D eigenvalue weighted by Gasteiger charge is 2.09. The number of rotatable bonds is 10. The van der Waals surface area contributed by atoms with Crippen LogP contribution in [0.15, 0.2) is 48.5 Å². The number of anilines is 4. The lowest BCUT2D eigenvalue weighted by atomic mass is 10.2. The average molecular weight is 512 g/mol. The summed E-state index contributed by atoms with van der Waals surface area (Å²) in [6.07, 6.45) is 1.68. The second-order valence-electron chi connectivity index (χ2n) is 7.56. The molecule has 2 amide bonds. The Bertz CT molecular complexity index is 1240. The third-order valence-corrected chi connectivity index (χ3v) is 7.40. The summed E-state index contributed by atoms with van der Waals surface area (Å²) in [7, 11) is 0. The molecule has 0 saturated carbocycles. The molecule has 2 heterocycles. The van der Waals surface area contributed by atoms with Crippen LogP contribution in [0.5, 0.6) is 0 Å². The second kappa shape index (κ2) is 11.9. The van der Waals surface area contributed by atoms with E-state index in [-0.39, 0.29) is 6.03 Å². The van der Waals surface area contributed by atoms with Crippen molar-refractivity contribution in [3.05, 3.63) is 69.7 Å². The highest BCUT2D eigenvalue weighted by atomic mass is 32.2. The predicted octanol–water partition coefficient (Wildman–Crippen LogP) is 5.91. The number of aryl methyl sites for hydroxylation is 4. The number of benzene rings is 2. The van der Waals surface area contributed by atoms with Crippen LogP contribution >= 0.6 is 34.4 Å². The molecule has 0 aliphatic carbocycles. The molecular weight excluding hydrogens is 487 g/mol. The van der Waals surface area contributed by atoms with Crippen LogP contribution in [0.4, 0.5) is 26.4 Å². The normalized spacial score (nSPS) is 10.8. The highest BCUT2D eigenvalue weighted by Crippen LogP contribution is 2.23. The van der Waals surface area contributed by atoms with Crippen LogP contribution in [-0.2, 0) is 12.8 Å². The monoisotopic (exact) mass is 511 g/mol. The van der Waals surface area contributed by atoms with Crippen molar-refractivity contribution in [2.45, 2.75) is 26.7 Å². The van der Waals surface area contributed by atoms with E-state index in [9.17, 15) is 4.79 Å². The van der Waals surface area contributed by atoms with Gasteiger partial charge in [0.1, 0.15) is 10.0 Å². The minimum atomic E-state index is -0.323. The van der Waals surface area contributed by atoms with Crippen LogP contribution in [-0.4, -0.2) is 37.9 Å². The molecule has 0 saturated heterocycles. The molecule has 34 heavy (non-hydrogen) atoms. The van der Waals surface area contributed by atoms with Crippen LogP contribution in [0, 0.1) is 13.8 Å². The van der Waals surface area contributed by atoms with Gasteiger partial charge in [-0.1, -0.05) is 46.9 Å². The minimum absolute atomic E-state index is 0.323. The maximum absolute atomic E-state index is 12.2. The van der Waals surface area contributed by atoms with E-state index in [1.54, 1.807) is 11.3 Å². The molecule has 4 aromatic rings. The molecule has 8 nitrogen and oxygen atoms in total. The summed E-state index contributed by atoms with van der Waals surface area (Å²) in [6, 6.07) is 15.5. The fourth-order valence-electron chi connectivity index (χ4n) is 3.06. The van der Waals surface area contributed by atoms with Gasteiger partial charge >= 0.3 is 6.03 Å². The first-order valence-corrected chi connectivity index (χ1v) is 13.5. The van der Waals surface area contributed by atoms with Crippen molar-refractivity contribution in [1.29, 1.82) is 0 Å². The molecule has 176 valence electrons. The minimum Gasteiger partial charge on any atom is -0.330 e. The smallest absolute Gasteiger partial charge is 0.325 e. The van der Waals surface area contributed by atoms with Crippen molar-refractivity contribution in [2.75, 3.05) is 27.5 Å². The molecule has 0 spiro atoms. The number of nitrogens with one attached hydrogen (secondary N) is 3. The van der Waals surface area contributed by atoms with Crippen molar-refractivity contribution >= 4 is 62.1 Å². The Hall–Kier alpha value is -3.02. The Morgan fingerprint density at radius 1 is 0.794 bits per heavy atom. The van der Waals surface area contributed by atoms with E-state index < -0.39 is 0 Å². The number of thioether (sulfide) groups is 1. The second-order valence-corrected chi connectivity index (χ2v) is 10.9. The van der Waals surface area contributed by atoms with E-state index in [0.717, 1.165) is 56.4 Å². The molecule has 11 heteroatoms. The van der Waals surface area contributed by atoms with Gasteiger partial charge in [-0.25, -0.2) is 4.79 Å². The lowest BCUT2D eigenvalue weighted by molar-refractivity contribution is 0.262. The number of nitrogens with zero attached hydrogens (tertiary/aromatic N) is 4. The molecule has 2 aromatic carbocycles. The third kappa shape index (κ3) is 7.51. The molecule has 0 unspecified atom stereocenters. The van der Waals surface area contributed by atoms with Crippen molar-refractivity contribution in [3.8, 4) is 0 Å². The molecule has 0 radical (unpaired) electrons. The van der Waals surface area contributed by atoms with Crippen LogP contribution in [0.1, 0.15) is 21.1 Å². The molecular formula is C23H25N7OS3. The fraction of sp³-hybridized carbons (Fsp3) is 0.261. The van der Waals surface area contributed by atoms with Gasteiger partial charge in [-0.2, -0.15) is 11.8 Å². The maximum atomic E-state index is 12.2. The SMILES string of the molecule is Cc1cccc(NC(=O)Nc2nnc(CCSCCc3nnc(Nc4cccc(C)c4)s3)s2)c1. The summed E-state index contributed by atoms with van der Waals surface area (Å²) in [5.41, 5.74) is 4.05. The first-order chi connectivity index (χ1) is 16.5.